The summed E-state index contributed by atoms with van der Waals surface area (Å²) in [5.41, 5.74) is 0.917. The van der Waals surface area contributed by atoms with Gasteiger partial charge in [0.15, 0.2) is 0 Å². The fraction of sp³-hybridized carbons (Fsp3) is 1.00. The van der Waals surface area contributed by atoms with Crippen LogP contribution in [0, 0.1) is 52.3 Å². The predicted molar refractivity (Wildman–Crippen MR) is 120 cm³/mol. The molecule has 0 aromatic carbocycles. The van der Waals surface area contributed by atoms with E-state index in [0.29, 0.717) is 28.6 Å². The number of hydrogen-bond acceptors (Lipinski definition) is 2. The van der Waals surface area contributed by atoms with Gasteiger partial charge in [0.1, 0.15) is 0 Å². The smallest absolute Gasteiger partial charge is 0.0568 e. The second-order valence-electron chi connectivity index (χ2n) is 12.7. The lowest BCUT2D eigenvalue weighted by Crippen LogP contribution is -2.54. The maximum Gasteiger partial charge on any atom is 0.0568 e. The molecule has 0 bridgehead atoms. The van der Waals surface area contributed by atoms with E-state index in [2.05, 4.69) is 34.6 Å². The van der Waals surface area contributed by atoms with Crippen LogP contribution in [-0.4, -0.2) is 22.4 Å². The Morgan fingerprint density at radius 1 is 0.828 bits per heavy atom. The van der Waals surface area contributed by atoms with E-state index in [4.69, 9.17) is 0 Å². The predicted octanol–water partition coefficient (Wildman–Crippen LogP) is 6.44. The standard InChI is InChI=1S/C27H48O2/c1-17(2)6-11-25(29)18(3)22-9-10-23-21-8-7-19-16-20(28)12-14-26(19,4)24(21)13-15-27(22,23)5/h17-25,28-29H,6-16H2,1-5H3/t18-,19?,20?,21-,22+,23-,24-,25?,26-,27+/m0/s1. The molecule has 29 heavy (non-hydrogen) atoms. The zero-order chi connectivity index (χ0) is 21.0. The van der Waals surface area contributed by atoms with Crippen LogP contribution < -0.4 is 0 Å². The molecule has 2 nitrogen and oxygen atoms in total. The summed E-state index contributed by atoms with van der Waals surface area (Å²) in [6.45, 7) is 12.1. The fourth-order valence-corrected chi connectivity index (χ4v) is 9.17. The molecule has 0 spiro atoms. The van der Waals surface area contributed by atoms with Crippen molar-refractivity contribution in [3.63, 3.8) is 0 Å². The van der Waals surface area contributed by atoms with Gasteiger partial charge in [-0.2, -0.15) is 0 Å². The number of hydrogen-bond donors (Lipinski definition) is 2. The molecule has 3 unspecified atom stereocenters. The van der Waals surface area contributed by atoms with Crippen molar-refractivity contribution in [3.8, 4) is 0 Å². The van der Waals surface area contributed by atoms with Crippen molar-refractivity contribution in [2.75, 3.05) is 0 Å². The minimum atomic E-state index is -0.121. The van der Waals surface area contributed by atoms with E-state index in [1.54, 1.807) is 0 Å². The molecule has 4 aliphatic carbocycles. The van der Waals surface area contributed by atoms with Crippen LogP contribution in [-0.2, 0) is 0 Å². The molecule has 0 aromatic rings. The van der Waals surface area contributed by atoms with Gasteiger partial charge < -0.3 is 10.2 Å². The van der Waals surface area contributed by atoms with Gasteiger partial charge in [0.05, 0.1) is 12.2 Å². The van der Waals surface area contributed by atoms with Crippen LogP contribution in [0.15, 0.2) is 0 Å². The van der Waals surface area contributed by atoms with Crippen LogP contribution >= 0.6 is 0 Å². The Kier molecular flexibility index (Phi) is 6.19. The van der Waals surface area contributed by atoms with E-state index in [0.717, 1.165) is 49.4 Å². The van der Waals surface area contributed by atoms with Gasteiger partial charge in [0.2, 0.25) is 0 Å². The molecule has 4 aliphatic rings. The van der Waals surface area contributed by atoms with Gasteiger partial charge in [0.25, 0.3) is 0 Å². The number of rotatable bonds is 5. The topological polar surface area (TPSA) is 40.5 Å². The molecule has 0 aliphatic heterocycles. The molecule has 0 radical (unpaired) electrons. The minimum Gasteiger partial charge on any atom is -0.393 e. The normalized spacial score (nSPS) is 49.2. The maximum atomic E-state index is 11.0. The van der Waals surface area contributed by atoms with Crippen molar-refractivity contribution in [1.82, 2.24) is 0 Å². The van der Waals surface area contributed by atoms with E-state index in [9.17, 15) is 10.2 Å². The Morgan fingerprint density at radius 2 is 1.52 bits per heavy atom. The van der Waals surface area contributed by atoms with Crippen LogP contribution in [0.25, 0.3) is 0 Å². The zero-order valence-electron chi connectivity index (χ0n) is 19.9. The molecule has 0 aromatic heterocycles. The number of fused-ring (bicyclic) bond motifs is 5. The summed E-state index contributed by atoms with van der Waals surface area (Å²) in [6.07, 6.45) is 13.5. The third-order valence-corrected chi connectivity index (χ3v) is 11.0. The summed E-state index contributed by atoms with van der Waals surface area (Å²) in [5, 5.41) is 21.2. The third kappa shape index (κ3) is 3.73. The van der Waals surface area contributed by atoms with E-state index < -0.39 is 0 Å². The van der Waals surface area contributed by atoms with E-state index in [1.807, 2.05) is 0 Å². The first-order chi connectivity index (χ1) is 13.7. The molecule has 0 saturated heterocycles. The fourth-order valence-electron chi connectivity index (χ4n) is 9.17. The van der Waals surface area contributed by atoms with Crippen LogP contribution in [0.4, 0.5) is 0 Å². The highest BCUT2D eigenvalue weighted by molar-refractivity contribution is 5.10. The van der Waals surface area contributed by atoms with Crippen molar-refractivity contribution < 1.29 is 10.2 Å². The summed E-state index contributed by atoms with van der Waals surface area (Å²) in [5.74, 6) is 5.24. The first kappa shape index (κ1) is 22.1. The van der Waals surface area contributed by atoms with E-state index in [-0.39, 0.29) is 12.2 Å². The number of aliphatic hydroxyl groups is 2. The highest BCUT2D eigenvalue weighted by Crippen LogP contribution is 2.68. The van der Waals surface area contributed by atoms with Crippen molar-refractivity contribution in [1.29, 1.82) is 0 Å². The molecule has 4 fully saturated rings. The molecule has 2 heteroatoms. The Hall–Kier alpha value is -0.0800. The Labute approximate surface area is 180 Å². The first-order valence-electron chi connectivity index (χ1n) is 13.0. The largest absolute Gasteiger partial charge is 0.393 e. The quantitative estimate of drug-likeness (QED) is 0.553. The Morgan fingerprint density at radius 3 is 2.24 bits per heavy atom. The highest BCUT2D eigenvalue weighted by Gasteiger charge is 2.60. The summed E-state index contributed by atoms with van der Waals surface area (Å²) in [7, 11) is 0. The van der Waals surface area contributed by atoms with Crippen molar-refractivity contribution in [3.05, 3.63) is 0 Å². The monoisotopic (exact) mass is 404 g/mol. The second kappa shape index (κ2) is 8.12. The average molecular weight is 405 g/mol. The average Bonchev–Trinajstić information content (AvgIpc) is 3.03. The molecular weight excluding hydrogens is 356 g/mol. The molecule has 168 valence electrons. The van der Waals surface area contributed by atoms with Gasteiger partial charge >= 0.3 is 0 Å². The first-order valence-corrected chi connectivity index (χ1v) is 13.0. The molecular formula is C27H48O2. The van der Waals surface area contributed by atoms with Gasteiger partial charge in [-0.1, -0.05) is 34.6 Å². The van der Waals surface area contributed by atoms with Crippen molar-refractivity contribution in [2.24, 2.45) is 52.3 Å². The lowest BCUT2D eigenvalue weighted by atomic mass is 9.44. The van der Waals surface area contributed by atoms with E-state index in [1.165, 1.54) is 44.9 Å². The molecule has 2 N–H and O–H groups in total. The van der Waals surface area contributed by atoms with Gasteiger partial charge in [0, 0.05) is 0 Å². The van der Waals surface area contributed by atoms with Gasteiger partial charge in [-0.3, -0.25) is 0 Å². The van der Waals surface area contributed by atoms with Crippen LogP contribution in [0.5, 0.6) is 0 Å². The lowest BCUT2D eigenvalue weighted by molar-refractivity contribution is -0.132. The second-order valence-corrected chi connectivity index (χ2v) is 12.7. The van der Waals surface area contributed by atoms with E-state index >= 15 is 0 Å². The minimum absolute atomic E-state index is 0.0393. The van der Waals surface area contributed by atoms with Gasteiger partial charge in [-0.05, 0) is 123 Å². The van der Waals surface area contributed by atoms with Crippen LogP contribution in [0.2, 0.25) is 0 Å². The molecule has 0 heterocycles. The maximum absolute atomic E-state index is 11.0. The summed E-state index contributed by atoms with van der Waals surface area (Å²) >= 11 is 0. The van der Waals surface area contributed by atoms with Gasteiger partial charge in [-0.15, -0.1) is 0 Å². The third-order valence-electron chi connectivity index (χ3n) is 11.0. The zero-order valence-corrected chi connectivity index (χ0v) is 19.9. The van der Waals surface area contributed by atoms with Gasteiger partial charge in [-0.25, -0.2) is 0 Å². The van der Waals surface area contributed by atoms with Crippen LogP contribution in [0.1, 0.15) is 105 Å². The molecule has 10 atom stereocenters. The summed E-state index contributed by atoms with van der Waals surface area (Å²) < 4.78 is 0. The summed E-state index contributed by atoms with van der Waals surface area (Å²) in [4.78, 5) is 0. The van der Waals surface area contributed by atoms with Crippen LogP contribution in [0.3, 0.4) is 0 Å². The Bertz CT molecular complexity index is 573. The Balaban J connectivity index is 1.48. The van der Waals surface area contributed by atoms with Crippen molar-refractivity contribution >= 4 is 0 Å². The lowest BCUT2D eigenvalue weighted by Gasteiger charge is -2.61. The molecule has 4 saturated carbocycles. The SMILES string of the molecule is CC(C)CCC(O)[C@@H](C)[C@H]1CC[C@H]2[C@@H]3CCC4CC(O)CC[C@]4(C)[C@H]3CC[C@]12C. The highest BCUT2D eigenvalue weighted by atomic mass is 16.3. The number of aliphatic hydroxyl groups excluding tert-OH is 2. The molecule has 0 amide bonds. The van der Waals surface area contributed by atoms with Crippen molar-refractivity contribution in [2.45, 2.75) is 117 Å². The molecule has 4 rings (SSSR count). The summed E-state index contributed by atoms with van der Waals surface area (Å²) in [6, 6.07) is 0.